The van der Waals surface area contributed by atoms with Gasteiger partial charge in [0, 0.05) is 27.8 Å². The molecular formula is C11H11BrF2OS. The van der Waals surface area contributed by atoms with Gasteiger partial charge < -0.3 is 0 Å². The number of alkyl halides is 3. The summed E-state index contributed by atoms with van der Waals surface area (Å²) in [5, 5.41) is 0.541. The number of benzene rings is 1. The van der Waals surface area contributed by atoms with Crippen LogP contribution in [0.1, 0.15) is 28.8 Å². The van der Waals surface area contributed by atoms with Crippen LogP contribution in [0.3, 0.4) is 0 Å². The first-order valence-electron chi connectivity index (χ1n) is 4.64. The van der Waals surface area contributed by atoms with Crippen molar-refractivity contribution in [3.05, 3.63) is 29.3 Å². The van der Waals surface area contributed by atoms with Crippen molar-refractivity contribution in [3.8, 4) is 0 Å². The van der Waals surface area contributed by atoms with Crippen molar-refractivity contribution in [1.82, 2.24) is 0 Å². The maximum Gasteiger partial charge on any atom is 0.263 e. The lowest BCUT2D eigenvalue weighted by atomic mass is 10.1. The van der Waals surface area contributed by atoms with E-state index in [4.69, 9.17) is 0 Å². The highest BCUT2D eigenvalue weighted by atomic mass is 79.9. The average molecular weight is 309 g/mol. The Bertz CT molecular complexity index is 382. The van der Waals surface area contributed by atoms with E-state index in [0.29, 0.717) is 22.2 Å². The van der Waals surface area contributed by atoms with E-state index >= 15 is 0 Å². The Morgan fingerprint density at radius 2 is 2.12 bits per heavy atom. The molecule has 0 aromatic heterocycles. The largest absolute Gasteiger partial charge is 0.294 e. The van der Waals surface area contributed by atoms with Gasteiger partial charge in [0.05, 0.1) is 0 Å². The lowest BCUT2D eigenvalue weighted by Crippen LogP contribution is -2.01. The molecule has 1 nitrogen and oxygen atoms in total. The van der Waals surface area contributed by atoms with Crippen molar-refractivity contribution in [2.24, 2.45) is 0 Å². The molecule has 88 valence electrons. The number of hydrogen-bond donors (Lipinski definition) is 0. The Balaban J connectivity index is 3.08. The fraction of sp³-hybridized carbons (Fsp3) is 0.364. The summed E-state index contributed by atoms with van der Waals surface area (Å²) in [5.74, 6) is -0.116. The van der Waals surface area contributed by atoms with Crippen LogP contribution in [0, 0.1) is 0 Å². The van der Waals surface area contributed by atoms with Crippen LogP contribution in [-0.2, 0) is 0 Å². The summed E-state index contributed by atoms with van der Waals surface area (Å²) in [7, 11) is 0. The van der Waals surface area contributed by atoms with Crippen molar-refractivity contribution in [1.29, 1.82) is 0 Å². The summed E-state index contributed by atoms with van der Waals surface area (Å²) in [6, 6.07) is 4.34. The first-order chi connectivity index (χ1) is 7.58. The van der Waals surface area contributed by atoms with Crippen LogP contribution in [0.25, 0.3) is 0 Å². The van der Waals surface area contributed by atoms with Gasteiger partial charge in [0.2, 0.25) is 0 Å². The van der Waals surface area contributed by atoms with E-state index < -0.39 is 6.43 Å². The topological polar surface area (TPSA) is 17.1 Å². The predicted molar refractivity (Wildman–Crippen MR) is 65.9 cm³/mol. The van der Waals surface area contributed by atoms with Gasteiger partial charge in [-0.05, 0) is 24.5 Å². The third kappa shape index (κ3) is 3.56. The Labute approximate surface area is 106 Å². The van der Waals surface area contributed by atoms with Gasteiger partial charge in [-0.15, -0.1) is 11.8 Å². The minimum atomic E-state index is -2.54. The molecule has 0 N–H and O–H groups in total. The fourth-order valence-corrected chi connectivity index (χ4v) is 2.12. The van der Waals surface area contributed by atoms with Crippen molar-refractivity contribution in [3.63, 3.8) is 0 Å². The summed E-state index contributed by atoms with van der Waals surface area (Å²) in [6.07, 6.45) is -0.424. The summed E-state index contributed by atoms with van der Waals surface area (Å²) in [5.41, 5.74) is 0.270. The Morgan fingerprint density at radius 3 is 2.62 bits per heavy atom. The summed E-state index contributed by atoms with van der Waals surface area (Å²) in [4.78, 5) is 12.3. The lowest BCUT2D eigenvalue weighted by Gasteiger charge is -2.06. The maximum absolute atomic E-state index is 12.6. The molecule has 16 heavy (non-hydrogen) atoms. The number of halogens is 3. The van der Waals surface area contributed by atoms with Crippen molar-refractivity contribution < 1.29 is 13.6 Å². The molecule has 0 aliphatic carbocycles. The number of carbonyl (C=O) groups excluding carboxylic acids is 1. The van der Waals surface area contributed by atoms with Crippen LogP contribution in [0.4, 0.5) is 8.78 Å². The van der Waals surface area contributed by atoms with E-state index in [1.165, 1.54) is 23.9 Å². The summed E-state index contributed by atoms with van der Waals surface area (Å²) in [6.45, 7) is 0. The number of rotatable bonds is 5. The molecule has 5 heteroatoms. The predicted octanol–water partition coefficient (Wildman–Crippen LogP) is 4.31. The first-order valence-corrected chi connectivity index (χ1v) is 6.99. The van der Waals surface area contributed by atoms with Gasteiger partial charge in [0.1, 0.15) is 0 Å². The van der Waals surface area contributed by atoms with Crippen LogP contribution < -0.4 is 0 Å². The monoisotopic (exact) mass is 308 g/mol. The summed E-state index contributed by atoms with van der Waals surface area (Å²) < 4.78 is 25.2. The van der Waals surface area contributed by atoms with Crippen LogP contribution in [0.15, 0.2) is 23.1 Å². The second kappa shape index (κ2) is 6.35. The van der Waals surface area contributed by atoms with Gasteiger partial charge in [-0.2, -0.15) is 0 Å². The second-order valence-corrected chi connectivity index (χ2v) is 4.83. The van der Waals surface area contributed by atoms with Crippen LogP contribution in [-0.4, -0.2) is 17.4 Å². The molecule has 0 amide bonds. The van der Waals surface area contributed by atoms with Crippen molar-refractivity contribution >= 4 is 33.5 Å². The molecule has 1 aromatic carbocycles. The zero-order valence-corrected chi connectivity index (χ0v) is 11.1. The van der Waals surface area contributed by atoms with Crippen LogP contribution in [0.2, 0.25) is 0 Å². The SMILES string of the molecule is CSc1cc(C(=O)CCBr)cc(C(F)F)c1. The fourth-order valence-electron chi connectivity index (χ4n) is 1.26. The number of hydrogen-bond acceptors (Lipinski definition) is 2. The molecule has 0 saturated carbocycles. The number of carbonyl (C=O) groups is 1. The van der Waals surface area contributed by atoms with Gasteiger partial charge in [0.15, 0.2) is 5.78 Å². The highest BCUT2D eigenvalue weighted by Gasteiger charge is 2.13. The lowest BCUT2D eigenvalue weighted by molar-refractivity contribution is 0.0989. The van der Waals surface area contributed by atoms with Gasteiger partial charge in [-0.1, -0.05) is 15.9 Å². The molecule has 1 aromatic rings. The van der Waals surface area contributed by atoms with Crippen LogP contribution >= 0.6 is 27.7 Å². The quantitative estimate of drug-likeness (QED) is 0.458. The number of thioether (sulfide) groups is 1. The smallest absolute Gasteiger partial charge is 0.263 e. The Hall–Kier alpha value is -0.420. The zero-order valence-electron chi connectivity index (χ0n) is 8.67. The number of Topliss-reactive ketones (excluding diaryl/α,β-unsaturated/α-hetero) is 1. The third-order valence-electron chi connectivity index (χ3n) is 2.06. The van der Waals surface area contributed by atoms with Gasteiger partial charge in [0.25, 0.3) is 6.43 Å². The van der Waals surface area contributed by atoms with Crippen molar-refractivity contribution in [2.75, 3.05) is 11.6 Å². The van der Waals surface area contributed by atoms with E-state index in [2.05, 4.69) is 15.9 Å². The Morgan fingerprint density at radius 1 is 1.44 bits per heavy atom. The minimum absolute atomic E-state index is 0.0928. The zero-order chi connectivity index (χ0) is 12.1. The number of ketones is 1. The molecule has 0 aliphatic rings. The van der Waals surface area contributed by atoms with Gasteiger partial charge >= 0.3 is 0 Å². The molecule has 0 aliphatic heterocycles. The molecule has 0 fully saturated rings. The van der Waals surface area contributed by atoms with E-state index in [1.807, 2.05) is 0 Å². The van der Waals surface area contributed by atoms with Gasteiger partial charge in [-0.25, -0.2) is 8.78 Å². The highest BCUT2D eigenvalue weighted by Crippen LogP contribution is 2.26. The maximum atomic E-state index is 12.6. The first kappa shape index (κ1) is 13.6. The van der Waals surface area contributed by atoms with E-state index in [0.717, 1.165) is 0 Å². The van der Waals surface area contributed by atoms with Crippen molar-refractivity contribution in [2.45, 2.75) is 17.7 Å². The normalized spacial score (nSPS) is 10.8. The molecule has 0 unspecified atom stereocenters. The third-order valence-corrected chi connectivity index (χ3v) is 3.16. The molecule has 0 bridgehead atoms. The van der Waals surface area contributed by atoms with Crippen LogP contribution in [0.5, 0.6) is 0 Å². The molecule has 0 atom stereocenters. The average Bonchev–Trinajstić information content (AvgIpc) is 2.28. The van der Waals surface area contributed by atoms with Gasteiger partial charge in [-0.3, -0.25) is 4.79 Å². The molecule has 0 heterocycles. The second-order valence-electron chi connectivity index (χ2n) is 3.16. The minimum Gasteiger partial charge on any atom is -0.294 e. The standard InChI is InChI=1S/C11H11BrF2OS/c1-16-9-5-7(10(15)2-3-12)4-8(6-9)11(13)14/h4-6,11H,2-3H2,1H3. The molecular weight excluding hydrogens is 298 g/mol. The summed E-state index contributed by atoms with van der Waals surface area (Å²) >= 11 is 4.51. The molecule has 0 spiro atoms. The molecule has 0 saturated heterocycles. The Kier molecular flexibility index (Phi) is 5.41. The highest BCUT2D eigenvalue weighted by molar-refractivity contribution is 9.09. The van der Waals surface area contributed by atoms with E-state index in [9.17, 15) is 13.6 Å². The molecule has 0 radical (unpaired) electrons. The molecule has 1 rings (SSSR count). The van der Waals surface area contributed by atoms with E-state index in [1.54, 1.807) is 12.3 Å². The van der Waals surface area contributed by atoms with E-state index in [-0.39, 0.29) is 11.3 Å².